The largest absolute Gasteiger partial charge is 0.310 e. The third-order valence-corrected chi connectivity index (χ3v) is 4.37. The van der Waals surface area contributed by atoms with Crippen LogP contribution in [0, 0.1) is 0 Å². The van der Waals surface area contributed by atoms with Crippen molar-refractivity contribution in [2.45, 2.75) is 19.4 Å². The number of likely N-dealkylation sites (N-methyl/N-ethyl adjacent to an activating group) is 1. The van der Waals surface area contributed by atoms with Crippen molar-refractivity contribution in [3.63, 3.8) is 0 Å². The summed E-state index contributed by atoms with van der Waals surface area (Å²) in [5.74, 6) is 0. The van der Waals surface area contributed by atoms with Gasteiger partial charge in [-0.1, -0.05) is 34.5 Å². The molecule has 18 heavy (non-hydrogen) atoms. The molecule has 0 bridgehead atoms. The van der Waals surface area contributed by atoms with Gasteiger partial charge in [0.1, 0.15) is 0 Å². The van der Waals surface area contributed by atoms with Crippen LogP contribution in [0.1, 0.15) is 24.1 Å². The number of rotatable bonds is 5. The Balaban J connectivity index is 2.26. The molecule has 0 spiro atoms. The third kappa shape index (κ3) is 3.58. The van der Waals surface area contributed by atoms with Crippen molar-refractivity contribution in [2.75, 3.05) is 6.54 Å². The van der Waals surface area contributed by atoms with Crippen LogP contribution in [-0.2, 0) is 6.42 Å². The summed E-state index contributed by atoms with van der Waals surface area (Å²) in [4.78, 5) is 0. The molecular formula is C14H15BrClNS. The Morgan fingerprint density at radius 2 is 2.22 bits per heavy atom. The highest BCUT2D eigenvalue weighted by Gasteiger charge is 2.15. The van der Waals surface area contributed by atoms with Gasteiger partial charge in [-0.2, -0.15) is 11.3 Å². The van der Waals surface area contributed by atoms with Gasteiger partial charge in [-0.25, -0.2) is 0 Å². The second-order valence-electron chi connectivity index (χ2n) is 4.11. The van der Waals surface area contributed by atoms with Crippen LogP contribution in [0.4, 0.5) is 0 Å². The van der Waals surface area contributed by atoms with Crippen molar-refractivity contribution in [2.24, 2.45) is 0 Å². The molecule has 0 aliphatic rings. The normalized spacial score (nSPS) is 12.6. The van der Waals surface area contributed by atoms with Crippen LogP contribution in [0.15, 0.2) is 39.5 Å². The Hall–Kier alpha value is -0.350. The van der Waals surface area contributed by atoms with Crippen LogP contribution >= 0.6 is 38.9 Å². The molecule has 1 aromatic heterocycles. The first-order valence-electron chi connectivity index (χ1n) is 5.90. The molecule has 0 saturated heterocycles. The maximum Gasteiger partial charge on any atom is 0.0454 e. The molecule has 0 fully saturated rings. The van der Waals surface area contributed by atoms with Gasteiger partial charge in [-0.15, -0.1) is 0 Å². The first-order valence-corrected chi connectivity index (χ1v) is 8.01. The molecule has 0 aliphatic carbocycles. The molecule has 1 atom stereocenters. The first-order chi connectivity index (χ1) is 8.70. The van der Waals surface area contributed by atoms with E-state index in [0.29, 0.717) is 0 Å². The second-order valence-corrected chi connectivity index (χ2v) is 6.21. The van der Waals surface area contributed by atoms with Crippen LogP contribution < -0.4 is 5.32 Å². The van der Waals surface area contributed by atoms with Crippen LogP contribution in [0.3, 0.4) is 0 Å². The quantitative estimate of drug-likeness (QED) is 0.799. The summed E-state index contributed by atoms with van der Waals surface area (Å²) in [6.07, 6.45) is 0.966. The van der Waals surface area contributed by atoms with Gasteiger partial charge in [0.2, 0.25) is 0 Å². The van der Waals surface area contributed by atoms with Crippen molar-refractivity contribution in [3.8, 4) is 0 Å². The smallest absolute Gasteiger partial charge is 0.0454 e. The number of hydrogen-bond acceptors (Lipinski definition) is 2. The topological polar surface area (TPSA) is 12.0 Å². The summed E-state index contributed by atoms with van der Waals surface area (Å²) in [5, 5.41) is 8.63. The van der Waals surface area contributed by atoms with Gasteiger partial charge in [0.25, 0.3) is 0 Å². The van der Waals surface area contributed by atoms with E-state index in [-0.39, 0.29) is 6.04 Å². The highest BCUT2D eigenvalue weighted by Crippen LogP contribution is 2.29. The Kier molecular flexibility index (Phi) is 5.25. The standard InChI is InChI=1S/C14H15BrClNS/c1-2-17-14(7-10-5-6-18-9-10)12-8-11(15)3-4-13(12)16/h3-6,8-9,14,17H,2,7H2,1H3. The SMILES string of the molecule is CCNC(Cc1ccsc1)c1cc(Br)ccc1Cl. The Labute approximate surface area is 125 Å². The highest BCUT2D eigenvalue weighted by molar-refractivity contribution is 9.10. The summed E-state index contributed by atoms with van der Waals surface area (Å²) in [6, 6.07) is 8.44. The highest BCUT2D eigenvalue weighted by atomic mass is 79.9. The van der Waals surface area contributed by atoms with E-state index in [4.69, 9.17) is 11.6 Å². The van der Waals surface area contributed by atoms with Gasteiger partial charge in [0.05, 0.1) is 0 Å². The predicted octanol–water partition coefficient (Wildman–Crippen LogP) is 5.06. The molecule has 2 aromatic rings. The Morgan fingerprint density at radius 3 is 2.89 bits per heavy atom. The summed E-state index contributed by atoms with van der Waals surface area (Å²) in [5.41, 5.74) is 2.50. The number of thiophene rings is 1. The maximum absolute atomic E-state index is 6.31. The minimum atomic E-state index is 0.259. The van der Waals surface area contributed by atoms with Crippen LogP contribution in [-0.4, -0.2) is 6.54 Å². The summed E-state index contributed by atoms with van der Waals surface area (Å²) in [6.45, 7) is 3.05. The lowest BCUT2D eigenvalue weighted by molar-refractivity contribution is 0.550. The Morgan fingerprint density at radius 1 is 1.39 bits per heavy atom. The molecule has 1 aromatic carbocycles. The van der Waals surface area contributed by atoms with Gasteiger partial charge in [0, 0.05) is 15.5 Å². The van der Waals surface area contributed by atoms with Crippen LogP contribution in [0.2, 0.25) is 5.02 Å². The van der Waals surface area contributed by atoms with Crippen LogP contribution in [0.25, 0.3) is 0 Å². The molecule has 0 saturated carbocycles. The monoisotopic (exact) mass is 343 g/mol. The molecule has 1 heterocycles. The minimum Gasteiger partial charge on any atom is -0.310 e. The maximum atomic E-state index is 6.31. The molecule has 1 N–H and O–H groups in total. The van der Waals surface area contributed by atoms with Crippen LogP contribution in [0.5, 0.6) is 0 Å². The number of halogens is 2. The van der Waals surface area contributed by atoms with E-state index >= 15 is 0 Å². The molecule has 0 amide bonds. The van der Waals surface area contributed by atoms with E-state index < -0.39 is 0 Å². The molecule has 1 unspecified atom stereocenters. The van der Waals surface area contributed by atoms with Gasteiger partial charge >= 0.3 is 0 Å². The van der Waals surface area contributed by atoms with E-state index in [1.807, 2.05) is 12.1 Å². The van der Waals surface area contributed by atoms with E-state index in [2.05, 4.69) is 51.1 Å². The van der Waals surface area contributed by atoms with Gasteiger partial charge in [-0.3, -0.25) is 0 Å². The fraction of sp³-hybridized carbons (Fsp3) is 0.286. The van der Waals surface area contributed by atoms with Crippen molar-refractivity contribution in [3.05, 3.63) is 55.6 Å². The van der Waals surface area contributed by atoms with Gasteiger partial charge in [-0.05, 0) is 59.1 Å². The second kappa shape index (κ2) is 6.71. The molecule has 0 aliphatic heterocycles. The molecule has 4 heteroatoms. The zero-order chi connectivity index (χ0) is 13.0. The third-order valence-electron chi connectivity index (χ3n) is 2.80. The molecule has 96 valence electrons. The lowest BCUT2D eigenvalue weighted by atomic mass is 10.0. The molecule has 1 nitrogen and oxygen atoms in total. The number of benzene rings is 1. The van der Waals surface area contributed by atoms with E-state index in [1.165, 1.54) is 5.56 Å². The minimum absolute atomic E-state index is 0.259. The summed E-state index contributed by atoms with van der Waals surface area (Å²) in [7, 11) is 0. The van der Waals surface area contributed by atoms with Crippen molar-refractivity contribution in [1.82, 2.24) is 5.32 Å². The fourth-order valence-electron chi connectivity index (χ4n) is 1.96. The number of nitrogens with one attached hydrogen (secondary N) is 1. The Bertz CT molecular complexity index is 499. The van der Waals surface area contributed by atoms with E-state index in [1.54, 1.807) is 11.3 Å². The molecule has 0 radical (unpaired) electrons. The average molecular weight is 345 g/mol. The first kappa shape index (κ1) is 14.1. The van der Waals surface area contributed by atoms with E-state index in [9.17, 15) is 0 Å². The number of hydrogen-bond donors (Lipinski definition) is 1. The van der Waals surface area contributed by atoms with Gasteiger partial charge in [0.15, 0.2) is 0 Å². The van der Waals surface area contributed by atoms with Gasteiger partial charge < -0.3 is 5.32 Å². The molecule has 2 rings (SSSR count). The summed E-state index contributed by atoms with van der Waals surface area (Å²) >= 11 is 11.6. The van der Waals surface area contributed by atoms with Crippen molar-refractivity contribution in [1.29, 1.82) is 0 Å². The van der Waals surface area contributed by atoms with Crippen molar-refractivity contribution >= 4 is 38.9 Å². The predicted molar refractivity (Wildman–Crippen MR) is 83.6 cm³/mol. The fourth-order valence-corrected chi connectivity index (χ4v) is 3.27. The zero-order valence-electron chi connectivity index (χ0n) is 10.1. The zero-order valence-corrected chi connectivity index (χ0v) is 13.3. The average Bonchev–Trinajstić information content (AvgIpc) is 2.85. The van der Waals surface area contributed by atoms with E-state index in [0.717, 1.165) is 28.0 Å². The summed E-state index contributed by atoms with van der Waals surface area (Å²) < 4.78 is 1.06. The molecular weight excluding hydrogens is 330 g/mol. The lowest BCUT2D eigenvalue weighted by Gasteiger charge is -2.19. The lowest BCUT2D eigenvalue weighted by Crippen LogP contribution is -2.23. The van der Waals surface area contributed by atoms with Crippen molar-refractivity contribution < 1.29 is 0 Å².